The number of anilines is 1. The molecule has 44 heavy (non-hydrogen) atoms. The van der Waals surface area contributed by atoms with Gasteiger partial charge in [0.1, 0.15) is 27.7 Å². The number of ketones is 2. The smallest absolute Gasteiger partial charge is 0.255 e. The van der Waals surface area contributed by atoms with Gasteiger partial charge in [0.05, 0.1) is 29.3 Å². The van der Waals surface area contributed by atoms with Crippen LogP contribution in [-0.4, -0.2) is 85.7 Å². The van der Waals surface area contributed by atoms with Crippen LogP contribution >= 0.6 is 32.9 Å². The summed E-state index contributed by atoms with van der Waals surface area (Å²) in [4.78, 5) is 53.0. The molecule has 8 N–H and O–H groups in total. The summed E-state index contributed by atoms with van der Waals surface area (Å²) >= 11 is 3.33. The summed E-state index contributed by atoms with van der Waals surface area (Å²) in [5, 5.41) is 59.8. The van der Waals surface area contributed by atoms with Crippen molar-refractivity contribution in [1.82, 2.24) is 4.90 Å². The van der Waals surface area contributed by atoms with Crippen LogP contribution in [0.25, 0.3) is 5.76 Å². The van der Waals surface area contributed by atoms with E-state index in [0.717, 1.165) is 0 Å². The molecule has 0 heterocycles. The number of Topliss-reactive ketones (excluding diaryl/α,β-unsaturated/α-hetero) is 2. The van der Waals surface area contributed by atoms with Gasteiger partial charge in [-0.05, 0) is 37.2 Å². The Labute approximate surface area is 270 Å². The van der Waals surface area contributed by atoms with E-state index in [1.165, 1.54) is 31.1 Å². The summed E-state index contributed by atoms with van der Waals surface area (Å²) in [6, 6.07) is 10.3. The maximum absolute atomic E-state index is 14.1. The van der Waals surface area contributed by atoms with Crippen LogP contribution < -0.4 is 11.1 Å². The van der Waals surface area contributed by atoms with Gasteiger partial charge in [0.2, 0.25) is 11.7 Å². The highest BCUT2D eigenvalue weighted by Crippen LogP contribution is 2.56. The highest BCUT2D eigenvalue weighted by Gasteiger charge is 2.68. The first-order chi connectivity index (χ1) is 20.2. The Bertz CT molecular complexity index is 1640. The van der Waals surface area contributed by atoms with E-state index >= 15 is 0 Å². The number of aromatic hydroxyl groups is 1. The summed E-state index contributed by atoms with van der Waals surface area (Å²) < 4.78 is 0. The minimum Gasteiger partial charge on any atom is -0.508 e. The fourth-order valence-corrected chi connectivity index (χ4v) is 7.11. The van der Waals surface area contributed by atoms with E-state index in [4.69, 9.17) is 5.73 Å². The predicted molar refractivity (Wildman–Crippen MR) is 167 cm³/mol. The molecule has 3 aliphatic rings. The molecule has 6 unspecified atom stereocenters. The number of halogens is 2. The molecule has 0 spiro atoms. The zero-order valence-electron chi connectivity index (χ0n) is 23.7. The van der Waals surface area contributed by atoms with Crippen molar-refractivity contribution in [3.05, 3.63) is 76.1 Å². The lowest BCUT2D eigenvalue weighted by molar-refractivity contribution is -0.169. The van der Waals surface area contributed by atoms with Crippen LogP contribution in [0.15, 0.2) is 59.4 Å². The molecule has 12 nitrogen and oxygen atoms in total. The average molecular weight is 737 g/mol. The number of aliphatic hydroxyl groups excluding tert-OH is 3. The molecule has 0 radical (unpaired) electrons. The monoisotopic (exact) mass is 735 g/mol. The Morgan fingerprint density at radius 1 is 1.07 bits per heavy atom. The number of carbonyl (C=O) groups is 4. The van der Waals surface area contributed by atoms with Gasteiger partial charge < -0.3 is 36.6 Å². The van der Waals surface area contributed by atoms with Crippen molar-refractivity contribution in [3.63, 3.8) is 0 Å². The minimum atomic E-state index is -3.01. The fourth-order valence-electron chi connectivity index (χ4n) is 6.69. The van der Waals surface area contributed by atoms with E-state index in [9.17, 15) is 44.7 Å². The third kappa shape index (κ3) is 4.67. The number of aliphatic hydroxyl groups is 4. The summed E-state index contributed by atoms with van der Waals surface area (Å²) in [5.41, 5.74) is 1.48. The topological polar surface area (TPSA) is 211 Å². The number of fused-ring (bicyclic) bond motifs is 3. The molecule has 2 aromatic carbocycles. The lowest BCUT2D eigenvalue weighted by Crippen LogP contribution is -2.70. The highest BCUT2D eigenvalue weighted by atomic mass is 79.9. The number of likely N-dealkylation sites (N-methyl/N-ethyl adjacent to an activating group) is 1. The number of amides is 2. The van der Waals surface area contributed by atoms with Crippen LogP contribution in [0, 0.1) is 11.8 Å². The Morgan fingerprint density at radius 3 is 2.25 bits per heavy atom. The largest absolute Gasteiger partial charge is 0.508 e. The Balaban J connectivity index is 0.00000442. The van der Waals surface area contributed by atoms with Gasteiger partial charge in [-0.2, -0.15) is 0 Å². The van der Waals surface area contributed by atoms with Gasteiger partial charge in [-0.25, -0.2) is 0 Å². The molecular formula is C30H31Br2N3O9. The first-order valence-corrected chi connectivity index (χ1v) is 14.3. The number of primary amides is 1. The maximum Gasteiger partial charge on any atom is 0.255 e. The standard InChI is InChI=1S/C30H30BrN3O9.BrH/c1-11-13-9-10-14(33-29(42)20(31)12-7-5-4-6-8-12)22(35)16(13)23(36)17-15(11)24(37)19-21(34(2)3)25(38)18(28(32)41)27(40)30(19,43)26(17)39;/h4-11,15,19-21,24,35-37,40,43H,1-3H3,(H2,32,41)(H,33,42);1H/t11?,15?,19?,20?,21-,24?,30?;/m0./s1. The fraction of sp³-hybridized carbons (Fsp3) is 0.333. The van der Waals surface area contributed by atoms with E-state index < -0.39 is 92.1 Å². The predicted octanol–water partition coefficient (Wildman–Crippen LogP) is 2.15. The van der Waals surface area contributed by atoms with E-state index in [2.05, 4.69) is 21.2 Å². The number of phenols is 1. The van der Waals surface area contributed by atoms with Crippen LogP contribution in [0.5, 0.6) is 5.75 Å². The number of nitrogens with zero attached hydrogens (tertiary/aromatic N) is 1. The summed E-state index contributed by atoms with van der Waals surface area (Å²) in [7, 11) is 2.87. The SMILES string of the molecule is Br.CC1c2ccc(NC(=O)C(Br)c3ccccc3)c(O)c2C(O)=C2C(=O)C3(O)C(O)=C(C(N)=O)C(=O)[C@@H](N(C)C)C3C(O)C21. The molecule has 7 atom stereocenters. The minimum absolute atomic E-state index is 0. The molecule has 0 aromatic heterocycles. The highest BCUT2D eigenvalue weighted by molar-refractivity contribution is 9.09. The first kappa shape index (κ1) is 33.3. The van der Waals surface area contributed by atoms with Crippen molar-refractivity contribution in [2.75, 3.05) is 19.4 Å². The quantitative estimate of drug-likeness (QED) is 0.135. The lowest BCUT2D eigenvalue weighted by atomic mass is 9.54. The van der Waals surface area contributed by atoms with Gasteiger partial charge in [-0.15, -0.1) is 17.0 Å². The van der Waals surface area contributed by atoms with Crippen LogP contribution in [0.1, 0.15) is 34.4 Å². The Kier molecular flexibility index (Phi) is 8.90. The van der Waals surface area contributed by atoms with Crippen molar-refractivity contribution in [2.24, 2.45) is 17.6 Å². The number of rotatable bonds is 5. The normalized spacial score (nSPS) is 28.5. The molecular weight excluding hydrogens is 706 g/mol. The van der Waals surface area contributed by atoms with Gasteiger partial charge >= 0.3 is 0 Å². The van der Waals surface area contributed by atoms with Gasteiger partial charge in [0, 0.05) is 11.5 Å². The van der Waals surface area contributed by atoms with Crippen molar-refractivity contribution < 1.29 is 44.7 Å². The molecule has 0 bridgehead atoms. The van der Waals surface area contributed by atoms with E-state index in [1.54, 1.807) is 37.3 Å². The second-order valence-electron chi connectivity index (χ2n) is 11.2. The molecule has 5 rings (SSSR count). The number of nitrogens with one attached hydrogen (secondary N) is 1. The van der Waals surface area contributed by atoms with Crippen LogP contribution in [-0.2, 0) is 19.2 Å². The molecule has 3 aliphatic carbocycles. The van der Waals surface area contributed by atoms with E-state index in [1.807, 2.05) is 0 Å². The van der Waals surface area contributed by atoms with E-state index in [-0.39, 0.29) is 28.2 Å². The second kappa shape index (κ2) is 11.7. The zero-order chi connectivity index (χ0) is 31.7. The number of hydrogen-bond donors (Lipinski definition) is 7. The molecule has 14 heteroatoms. The van der Waals surface area contributed by atoms with Crippen molar-refractivity contribution in [1.29, 1.82) is 0 Å². The molecule has 2 aromatic rings. The number of alkyl halides is 1. The molecule has 234 valence electrons. The van der Waals surface area contributed by atoms with Crippen LogP contribution in [0.2, 0.25) is 0 Å². The average Bonchev–Trinajstić information content (AvgIpc) is 2.95. The third-order valence-corrected chi connectivity index (χ3v) is 9.65. The molecule has 1 fully saturated rings. The number of phenolic OH excluding ortho intramolecular Hbond substituents is 1. The van der Waals surface area contributed by atoms with Crippen molar-refractivity contribution in [3.8, 4) is 5.75 Å². The summed E-state index contributed by atoms with van der Waals surface area (Å²) in [6.45, 7) is 1.62. The number of carbonyl (C=O) groups excluding carboxylic acids is 4. The molecule has 1 saturated carbocycles. The van der Waals surface area contributed by atoms with E-state index in [0.29, 0.717) is 11.1 Å². The van der Waals surface area contributed by atoms with Crippen molar-refractivity contribution in [2.45, 2.75) is 35.4 Å². The third-order valence-electron chi connectivity index (χ3n) is 8.71. The summed E-state index contributed by atoms with van der Waals surface area (Å²) in [5.74, 6) is -10.4. The Morgan fingerprint density at radius 2 is 1.68 bits per heavy atom. The maximum atomic E-state index is 14.1. The lowest BCUT2D eigenvalue weighted by Gasteiger charge is -2.53. The number of hydrogen-bond acceptors (Lipinski definition) is 10. The first-order valence-electron chi connectivity index (χ1n) is 13.3. The van der Waals surface area contributed by atoms with Crippen LogP contribution in [0.4, 0.5) is 5.69 Å². The Hall–Kier alpha value is -3.56. The van der Waals surface area contributed by atoms with Gasteiger partial charge in [0.15, 0.2) is 11.4 Å². The van der Waals surface area contributed by atoms with Crippen LogP contribution in [0.3, 0.4) is 0 Å². The number of nitrogens with two attached hydrogens (primary N) is 1. The zero-order valence-corrected chi connectivity index (χ0v) is 27.0. The van der Waals surface area contributed by atoms with Crippen molar-refractivity contribution >= 4 is 67.7 Å². The molecule has 0 aliphatic heterocycles. The van der Waals surface area contributed by atoms with Gasteiger partial charge in [-0.1, -0.05) is 59.3 Å². The summed E-state index contributed by atoms with van der Waals surface area (Å²) in [6.07, 6.45) is -1.70. The van der Waals surface area contributed by atoms with Gasteiger partial charge in [-0.3, -0.25) is 24.1 Å². The molecule has 2 amide bonds. The molecule has 0 saturated heterocycles. The number of benzene rings is 2. The van der Waals surface area contributed by atoms with Gasteiger partial charge in [0.25, 0.3) is 5.91 Å². The second-order valence-corrected chi connectivity index (χ2v) is 12.2.